The van der Waals surface area contributed by atoms with Crippen molar-refractivity contribution in [1.82, 2.24) is 9.80 Å². The number of rotatable bonds is 19. The van der Waals surface area contributed by atoms with Gasteiger partial charge in [-0.2, -0.15) is 0 Å². The zero-order valence-corrected chi connectivity index (χ0v) is 49.5. The Morgan fingerprint density at radius 3 is 1.70 bits per heavy atom. The molecule has 73 heavy (non-hydrogen) atoms. The third kappa shape index (κ3) is 17.2. The van der Waals surface area contributed by atoms with Crippen LogP contribution in [0.1, 0.15) is 235 Å². The summed E-state index contributed by atoms with van der Waals surface area (Å²) in [6, 6.07) is -1.14. The molecule has 2 aliphatic heterocycles. The highest BCUT2D eigenvalue weighted by Gasteiger charge is 2.57. The molecule has 12 nitrogen and oxygen atoms in total. The van der Waals surface area contributed by atoms with Crippen LogP contribution in [-0.2, 0) is 23.8 Å². The van der Waals surface area contributed by atoms with Crippen LogP contribution >= 0.6 is 7.26 Å². The Bertz CT molecular complexity index is 1540. The number of hydrogen-bond acceptors (Lipinski definition) is 11. The van der Waals surface area contributed by atoms with E-state index in [2.05, 4.69) is 0 Å². The summed E-state index contributed by atoms with van der Waals surface area (Å²) in [7, 11) is 2.77. The van der Waals surface area contributed by atoms with Crippen molar-refractivity contribution < 1.29 is 61.7 Å². The van der Waals surface area contributed by atoms with Crippen molar-refractivity contribution in [3.63, 3.8) is 0 Å². The number of esters is 1. The van der Waals surface area contributed by atoms with Gasteiger partial charge in [-0.05, 0) is 170 Å². The number of amides is 1. The molecule has 3 aliphatic carbocycles. The van der Waals surface area contributed by atoms with Gasteiger partial charge in [-0.1, -0.05) is 78.6 Å². The Morgan fingerprint density at radius 2 is 1.22 bits per heavy atom. The fourth-order valence-electron chi connectivity index (χ4n) is 15.0. The van der Waals surface area contributed by atoms with Crippen LogP contribution in [-0.4, -0.2) is 157 Å². The molecule has 0 bridgehead atoms. The topological polar surface area (TPSA) is 169 Å². The van der Waals surface area contributed by atoms with Crippen LogP contribution in [0.25, 0.3) is 0 Å². The van der Waals surface area contributed by atoms with Gasteiger partial charge in [0.05, 0.1) is 59.0 Å². The first kappa shape index (κ1) is 64.9. The van der Waals surface area contributed by atoms with Gasteiger partial charge < -0.3 is 62.0 Å². The van der Waals surface area contributed by atoms with E-state index < -0.39 is 79.1 Å². The van der Waals surface area contributed by atoms with Gasteiger partial charge in [0.2, 0.25) is 5.91 Å². The largest absolute Gasteiger partial charge is 1.00 e. The number of ether oxygens (including phenoxy) is 3. The predicted molar refractivity (Wildman–Crippen MR) is 293 cm³/mol. The predicted octanol–water partition coefficient (Wildman–Crippen LogP) is 7.79. The molecule has 5 fully saturated rings. The summed E-state index contributed by atoms with van der Waals surface area (Å²) >= 11 is 0. The molecule has 0 spiro atoms. The quantitative estimate of drug-likeness (QED) is 0.0487. The summed E-state index contributed by atoms with van der Waals surface area (Å²) in [5.74, 6) is -3.21. The first-order valence-electron chi connectivity index (χ1n) is 30.0. The van der Waals surface area contributed by atoms with Crippen LogP contribution in [0.5, 0.6) is 0 Å². The summed E-state index contributed by atoms with van der Waals surface area (Å²) in [5, 5.41) is 59.6. The average Bonchev–Trinajstić information content (AvgIpc) is 3.36. The van der Waals surface area contributed by atoms with Crippen LogP contribution in [0, 0.1) is 17.8 Å². The minimum absolute atomic E-state index is 0. The minimum atomic E-state index is -1.93. The standard InChI is InChI=1S/C59H110N2O10P.ClH/c1-11-50-59(8,68)54(65)45(6)61(40-41(2)39-58(7,67)55(43(4)52(63)44(5)56(66)70-50)71-57-53(64)49(60(9)10)38-42(3)69-57)51(62)36-28-17-15-13-12-14-16-18-29-37-72(46-30-22-19-23-31-46,47-32-24-20-25-33-47)48-34-26-21-27-35-48;/h41-50,52-55,57,63-65,67-68H,11-40H2,1-10H3;1H/q+1;/p-1/t41-,42-,43+,44-,45-,49+,50-,52+,53-,54-,55-,57+,58-,59-;/m1./s1. The van der Waals surface area contributed by atoms with E-state index in [1.165, 1.54) is 142 Å². The molecule has 5 N–H and O–H groups in total. The van der Waals surface area contributed by atoms with Crippen LogP contribution in [0.4, 0.5) is 0 Å². The van der Waals surface area contributed by atoms with Crippen molar-refractivity contribution in [3.05, 3.63) is 0 Å². The second-order valence-corrected chi connectivity index (χ2v) is 29.9. The molecule has 0 radical (unpaired) electrons. The van der Waals surface area contributed by atoms with Crippen LogP contribution < -0.4 is 12.4 Å². The molecule has 0 aromatic rings. The van der Waals surface area contributed by atoms with Crippen molar-refractivity contribution in [3.8, 4) is 0 Å². The second-order valence-electron chi connectivity index (χ2n) is 25.3. The van der Waals surface area contributed by atoms with Crippen molar-refractivity contribution in [2.75, 3.05) is 26.8 Å². The van der Waals surface area contributed by atoms with Gasteiger partial charge in [-0.25, -0.2) is 0 Å². The molecule has 0 unspecified atom stereocenters. The number of carbonyl (C=O) groups excluding carboxylic acids is 2. The molecule has 1 amide bonds. The molecule has 0 aromatic heterocycles. The van der Waals surface area contributed by atoms with Crippen LogP contribution in [0.3, 0.4) is 0 Å². The van der Waals surface area contributed by atoms with E-state index in [0.717, 1.165) is 36.2 Å². The third-order valence-corrected chi connectivity index (χ3v) is 25.9. The lowest BCUT2D eigenvalue weighted by atomic mass is 9.78. The van der Waals surface area contributed by atoms with Crippen molar-refractivity contribution in [2.45, 2.75) is 318 Å². The van der Waals surface area contributed by atoms with E-state index in [1.54, 1.807) is 38.8 Å². The molecular formula is C59H110ClN2O10P. The summed E-state index contributed by atoms with van der Waals surface area (Å²) in [4.78, 5) is 31.7. The molecule has 5 rings (SSSR count). The van der Waals surface area contributed by atoms with E-state index in [4.69, 9.17) is 14.2 Å². The highest BCUT2D eigenvalue weighted by atomic mass is 35.5. The number of hydrogen-bond donors (Lipinski definition) is 5. The fourth-order valence-corrected chi connectivity index (χ4v) is 22.6. The maximum absolute atomic E-state index is 14.4. The number of unbranched alkanes of at least 4 members (excludes halogenated alkanes) is 8. The maximum Gasteiger partial charge on any atom is 0.311 e. The highest BCUT2D eigenvalue weighted by molar-refractivity contribution is 7.77. The molecule has 3 saturated carbocycles. The molecule has 2 heterocycles. The number of nitrogens with zero attached hydrogens (tertiary/aromatic N) is 2. The highest BCUT2D eigenvalue weighted by Crippen LogP contribution is 2.77. The van der Waals surface area contributed by atoms with E-state index >= 15 is 0 Å². The lowest BCUT2D eigenvalue weighted by Crippen LogP contribution is -3.00. The van der Waals surface area contributed by atoms with Gasteiger partial charge in [0, 0.05) is 32.2 Å². The molecule has 14 heteroatoms. The molecule has 2 saturated heterocycles. The van der Waals surface area contributed by atoms with E-state index in [9.17, 15) is 35.1 Å². The van der Waals surface area contributed by atoms with Gasteiger partial charge in [0.1, 0.15) is 23.9 Å². The number of aliphatic hydroxyl groups excluding tert-OH is 3. The van der Waals surface area contributed by atoms with Gasteiger partial charge in [-0.15, -0.1) is 0 Å². The Morgan fingerprint density at radius 1 is 0.740 bits per heavy atom. The third-order valence-electron chi connectivity index (χ3n) is 19.2. The SMILES string of the molecule is CC[C@H]1OC(=O)[C@H](C)[C@@H](O)[C@H](C)[C@@H](O[C@@H]2O[C@H](C)C[C@H](N(C)C)[C@H]2O)[C@](C)(O)C[C@@H](C)CN(C(=O)CCCCCCCCCCC[P+](C2CCCCC2)(C2CCCCC2)C2CCCCC2)[C@H](C)[C@@H](O)[C@]1(C)O.[Cl-]. The van der Waals surface area contributed by atoms with Crippen molar-refractivity contribution in [1.29, 1.82) is 0 Å². The molecule has 428 valence electrons. The zero-order chi connectivity index (χ0) is 52.8. The first-order chi connectivity index (χ1) is 34.2. The normalized spacial score (nSPS) is 36.8. The van der Waals surface area contributed by atoms with Gasteiger partial charge >= 0.3 is 5.97 Å². The second kappa shape index (κ2) is 30.6. The van der Waals surface area contributed by atoms with Crippen LogP contribution in [0.2, 0.25) is 0 Å². The number of aliphatic hydroxyl groups is 5. The Kier molecular flexibility index (Phi) is 27.2. The van der Waals surface area contributed by atoms with E-state index in [1.807, 2.05) is 32.8 Å². The molecule has 14 atom stereocenters. The number of cyclic esters (lactones) is 1. The number of likely N-dealkylation sites (N-methyl/N-ethyl adjacent to an activating group) is 1. The van der Waals surface area contributed by atoms with Gasteiger partial charge in [-0.3, -0.25) is 9.59 Å². The zero-order valence-electron chi connectivity index (χ0n) is 47.9. The number of halogens is 1. The minimum Gasteiger partial charge on any atom is -1.00 e. The maximum atomic E-state index is 14.4. The first-order valence-corrected chi connectivity index (χ1v) is 32.2. The van der Waals surface area contributed by atoms with E-state index in [0.29, 0.717) is 12.8 Å². The summed E-state index contributed by atoms with van der Waals surface area (Å²) < 4.78 is 18.6. The monoisotopic (exact) mass is 1070 g/mol. The average molecular weight is 1070 g/mol. The van der Waals surface area contributed by atoms with Gasteiger partial charge in [0.25, 0.3) is 0 Å². The summed E-state index contributed by atoms with van der Waals surface area (Å²) in [6.07, 6.45) is 28.3. The van der Waals surface area contributed by atoms with Crippen molar-refractivity contribution in [2.24, 2.45) is 17.8 Å². The lowest BCUT2D eigenvalue weighted by molar-refractivity contribution is -0.299. The Labute approximate surface area is 451 Å². The Hall–Kier alpha value is -0.660. The number of carbonyl (C=O) groups is 2. The summed E-state index contributed by atoms with van der Waals surface area (Å²) in [6.45, 7) is 13.8. The van der Waals surface area contributed by atoms with Crippen LogP contribution in [0.15, 0.2) is 0 Å². The smallest absolute Gasteiger partial charge is 0.311 e. The summed E-state index contributed by atoms with van der Waals surface area (Å²) in [5.41, 5.74) is -0.352. The van der Waals surface area contributed by atoms with Gasteiger partial charge in [0.15, 0.2) is 6.29 Å². The molecule has 0 aromatic carbocycles. The Balaban J connectivity index is 0.0000116. The molecule has 5 aliphatic rings. The lowest BCUT2D eigenvalue weighted by Gasteiger charge is -2.49. The fraction of sp³-hybridized carbons (Fsp3) is 0.966. The van der Waals surface area contributed by atoms with E-state index in [-0.39, 0.29) is 62.2 Å². The molecular weight excluding hydrogens is 963 g/mol. The van der Waals surface area contributed by atoms with Crippen molar-refractivity contribution >= 4 is 19.1 Å².